The highest BCUT2D eigenvalue weighted by molar-refractivity contribution is 5.76. The Morgan fingerprint density at radius 3 is 2.39 bits per heavy atom. The molecule has 2 rings (SSSR count). The lowest BCUT2D eigenvalue weighted by atomic mass is 9.93. The molecule has 104 valence electrons. The topological polar surface area (TPSA) is 49.3 Å². The quantitative estimate of drug-likeness (QED) is 0.791. The molecule has 0 bridgehead atoms. The van der Waals surface area contributed by atoms with Crippen molar-refractivity contribution in [2.24, 2.45) is 5.92 Å². The zero-order chi connectivity index (χ0) is 12.8. The van der Waals surface area contributed by atoms with Crippen LogP contribution in [-0.4, -0.2) is 23.2 Å². The van der Waals surface area contributed by atoms with Crippen LogP contribution in [0.5, 0.6) is 0 Å². The minimum Gasteiger partial charge on any atom is -0.393 e. The van der Waals surface area contributed by atoms with Gasteiger partial charge in [0.25, 0.3) is 0 Å². The predicted molar refractivity (Wildman–Crippen MR) is 72.2 cm³/mol. The first-order valence-corrected chi connectivity index (χ1v) is 7.71. The molecule has 2 aliphatic rings. The number of amides is 1. The van der Waals surface area contributed by atoms with Crippen LogP contribution in [0.3, 0.4) is 0 Å². The second kappa shape index (κ2) is 7.13. The summed E-state index contributed by atoms with van der Waals surface area (Å²) in [5.41, 5.74) is 0. The molecule has 0 unspecified atom stereocenters. The van der Waals surface area contributed by atoms with Crippen molar-refractivity contribution in [2.45, 2.75) is 82.8 Å². The van der Waals surface area contributed by atoms with Crippen LogP contribution in [0.15, 0.2) is 0 Å². The van der Waals surface area contributed by atoms with Gasteiger partial charge in [-0.1, -0.05) is 25.7 Å². The molecule has 2 fully saturated rings. The molecule has 0 aromatic carbocycles. The second-order valence-corrected chi connectivity index (χ2v) is 6.12. The average molecular weight is 253 g/mol. The number of carbonyl (C=O) groups excluding carboxylic acids is 1. The minimum atomic E-state index is -0.138. The first kappa shape index (κ1) is 13.9. The van der Waals surface area contributed by atoms with Gasteiger partial charge in [-0.25, -0.2) is 0 Å². The van der Waals surface area contributed by atoms with Crippen molar-refractivity contribution in [3.63, 3.8) is 0 Å². The Morgan fingerprint density at radius 2 is 1.72 bits per heavy atom. The van der Waals surface area contributed by atoms with Crippen molar-refractivity contribution in [1.82, 2.24) is 5.32 Å². The maximum absolute atomic E-state index is 11.8. The van der Waals surface area contributed by atoms with Gasteiger partial charge in [0.15, 0.2) is 0 Å². The highest BCUT2D eigenvalue weighted by Gasteiger charge is 2.21. The van der Waals surface area contributed by atoms with E-state index in [0.29, 0.717) is 12.5 Å². The van der Waals surface area contributed by atoms with Crippen LogP contribution in [-0.2, 0) is 4.79 Å². The van der Waals surface area contributed by atoms with E-state index in [9.17, 15) is 9.90 Å². The van der Waals surface area contributed by atoms with Gasteiger partial charge in [-0.15, -0.1) is 0 Å². The molecule has 0 spiro atoms. The summed E-state index contributed by atoms with van der Waals surface area (Å²) in [6.45, 7) is 0. The summed E-state index contributed by atoms with van der Waals surface area (Å²) in [6.07, 6.45) is 11.9. The van der Waals surface area contributed by atoms with Gasteiger partial charge in [-0.2, -0.15) is 0 Å². The van der Waals surface area contributed by atoms with Gasteiger partial charge in [0.2, 0.25) is 5.91 Å². The molecule has 0 aromatic rings. The molecule has 0 aromatic heterocycles. The summed E-state index contributed by atoms with van der Waals surface area (Å²) >= 11 is 0. The van der Waals surface area contributed by atoms with E-state index >= 15 is 0 Å². The number of aliphatic hydroxyl groups is 1. The SMILES string of the molecule is O=C(CCCC1CCCC1)NC1CCC(O)CC1. The number of hydrogen-bond acceptors (Lipinski definition) is 2. The Hall–Kier alpha value is -0.570. The Kier molecular flexibility index (Phi) is 5.48. The summed E-state index contributed by atoms with van der Waals surface area (Å²) in [6, 6.07) is 0.312. The predicted octanol–water partition coefficient (Wildman–Crippen LogP) is 2.77. The van der Waals surface area contributed by atoms with Gasteiger partial charge in [0.1, 0.15) is 0 Å². The molecule has 1 amide bonds. The minimum absolute atomic E-state index is 0.138. The first-order chi connectivity index (χ1) is 8.74. The van der Waals surface area contributed by atoms with Crippen LogP contribution in [0, 0.1) is 5.92 Å². The molecule has 0 radical (unpaired) electrons. The maximum atomic E-state index is 11.8. The zero-order valence-corrected chi connectivity index (χ0v) is 11.4. The van der Waals surface area contributed by atoms with Crippen molar-refractivity contribution in [2.75, 3.05) is 0 Å². The van der Waals surface area contributed by atoms with Crippen LogP contribution >= 0.6 is 0 Å². The molecule has 3 nitrogen and oxygen atoms in total. The fourth-order valence-corrected chi connectivity index (χ4v) is 3.37. The molecule has 0 aliphatic heterocycles. The zero-order valence-electron chi connectivity index (χ0n) is 11.4. The van der Waals surface area contributed by atoms with Crippen LogP contribution in [0.1, 0.15) is 70.6 Å². The van der Waals surface area contributed by atoms with Gasteiger partial charge >= 0.3 is 0 Å². The third-order valence-corrected chi connectivity index (χ3v) is 4.55. The molecule has 18 heavy (non-hydrogen) atoms. The summed E-state index contributed by atoms with van der Waals surface area (Å²) in [5.74, 6) is 1.11. The normalized spacial score (nSPS) is 29.4. The molecule has 2 N–H and O–H groups in total. The van der Waals surface area contributed by atoms with E-state index in [1.165, 1.54) is 32.1 Å². The van der Waals surface area contributed by atoms with Crippen molar-refractivity contribution < 1.29 is 9.90 Å². The third-order valence-electron chi connectivity index (χ3n) is 4.55. The Morgan fingerprint density at radius 1 is 1.06 bits per heavy atom. The summed E-state index contributed by atoms with van der Waals surface area (Å²) < 4.78 is 0. The summed E-state index contributed by atoms with van der Waals surface area (Å²) in [7, 11) is 0. The molecule has 0 heterocycles. The van der Waals surface area contributed by atoms with E-state index in [4.69, 9.17) is 0 Å². The van der Waals surface area contributed by atoms with Gasteiger partial charge in [0, 0.05) is 12.5 Å². The largest absolute Gasteiger partial charge is 0.393 e. The fraction of sp³-hybridized carbons (Fsp3) is 0.933. The highest BCUT2D eigenvalue weighted by atomic mass is 16.3. The number of rotatable bonds is 5. The number of aliphatic hydroxyl groups excluding tert-OH is 1. The molecule has 3 heteroatoms. The molecule has 2 saturated carbocycles. The molecule has 0 saturated heterocycles. The summed E-state index contributed by atoms with van der Waals surface area (Å²) in [4.78, 5) is 11.8. The van der Waals surface area contributed by atoms with Crippen molar-refractivity contribution in [3.05, 3.63) is 0 Å². The Balaban J connectivity index is 1.54. The van der Waals surface area contributed by atoms with Crippen molar-refractivity contribution in [1.29, 1.82) is 0 Å². The summed E-state index contributed by atoms with van der Waals surface area (Å²) in [5, 5.41) is 12.5. The molecular weight excluding hydrogens is 226 g/mol. The van der Waals surface area contributed by atoms with Gasteiger partial charge in [-0.05, 0) is 44.4 Å². The molecular formula is C15H27NO2. The van der Waals surface area contributed by atoms with E-state index in [1.807, 2.05) is 0 Å². The smallest absolute Gasteiger partial charge is 0.220 e. The van der Waals surface area contributed by atoms with E-state index in [0.717, 1.165) is 38.0 Å². The number of carbonyl (C=O) groups is 1. The lowest BCUT2D eigenvalue weighted by Gasteiger charge is -2.26. The average Bonchev–Trinajstić information content (AvgIpc) is 2.85. The fourth-order valence-electron chi connectivity index (χ4n) is 3.37. The maximum Gasteiger partial charge on any atom is 0.220 e. The Bertz CT molecular complexity index is 253. The second-order valence-electron chi connectivity index (χ2n) is 6.12. The van der Waals surface area contributed by atoms with E-state index < -0.39 is 0 Å². The van der Waals surface area contributed by atoms with Crippen LogP contribution in [0.4, 0.5) is 0 Å². The van der Waals surface area contributed by atoms with Crippen LogP contribution in [0.2, 0.25) is 0 Å². The van der Waals surface area contributed by atoms with Crippen LogP contribution in [0.25, 0.3) is 0 Å². The number of hydrogen-bond donors (Lipinski definition) is 2. The monoisotopic (exact) mass is 253 g/mol. The van der Waals surface area contributed by atoms with E-state index in [2.05, 4.69) is 5.32 Å². The highest BCUT2D eigenvalue weighted by Crippen LogP contribution is 2.28. The van der Waals surface area contributed by atoms with Crippen LogP contribution < -0.4 is 5.32 Å². The van der Waals surface area contributed by atoms with E-state index in [1.54, 1.807) is 0 Å². The first-order valence-electron chi connectivity index (χ1n) is 7.71. The number of nitrogens with one attached hydrogen (secondary N) is 1. The van der Waals surface area contributed by atoms with E-state index in [-0.39, 0.29) is 12.0 Å². The lowest BCUT2D eigenvalue weighted by molar-refractivity contribution is -0.122. The van der Waals surface area contributed by atoms with Crippen molar-refractivity contribution >= 4 is 5.91 Å². The standard InChI is InChI=1S/C15H27NO2/c17-14-10-8-13(9-11-14)16-15(18)7-3-6-12-4-1-2-5-12/h12-14,17H,1-11H2,(H,16,18). The molecule has 0 atom stereocenters. The molecule has 2 aliphatic carbocycles. The third kappa shape index (κ3) is 4.60. The van der Waals surface area contributed by atoms with Gasteiger partial charge < -0.3 is 10.4 Å². The Labute approximate surface area is 110 Å². The lowest BCUT2D eigenvalue weighted by Crippen LogP contribution is -2.38. The van der Waals surface area contributed by atoms with Crippen molar-refractivity contribution in [3.8, 4) is 0 Å². The van der Waals surface area contributed by atoms with Gasteiger partial charge in [-0.3, -0.25) is 4.79 Å². The van der Waals surface area contributed by atoms with Gasteiger partial charge in [0.05, 0.1) is 6.10 Å².